The third-order valence-corrected chi connectivity index (χ3v) is 7.29. The fourth-order valence-electron chi connectivity index (χ4n) is 4.88. The molecule has 0 radical (unpaired) electrons. The Morgan fingerprint density at radius 3 is 2.44 bits per heavy atom. The Morgan fingerprint density at radius 2 is 1.74 bits per heavy atom. The first-order chi connectivity index (χ1) is 16.5. The van der Waals surface area contributed by atoms with Crippen LogP contribution in [0.2, 0.25) is 5.02 Å². The second-order valence-electron chi connectivity index (χ2n) is 8.62. The van der Waals surface area contributed by atoms with Crippen molar-refractivity contribution in [3.63, 3.8) is 0 Å². The van der Waals surface area contributed by atoms with Crippen molar-refractivity contribution in [1.82, 2.24) is 24.8 Å². The molecule has 7 heteroatoms. The van der Waals surface area contributed by atoms with E-state index in [-0.39, 0.29) is 12.1 Å². The van der Waals surface area contributed by atoms with E-state index < -0.39 is 0 Å². The number of halogens is 1. The van der Waals surface area contributed by atoms with E-state index in [1.807, 2.05) is 54.9 Å². The number of nitrogens with one attached hydrogen (secondary N) is 1. The molecular weight excluding hydrogens is 462 g/mol. The van der Waals surface area contributed by atoms with Crippen LogP contribution in [0.1, 0.15) is 46.0 Å². The predicted octanol–water partition coefficient (Wildman–Crippen LogP) is 6.02. The van der Waals surface area contributed by atoms with Crippen molar-refractivity contribution in [2.45, 2.75) is 39.4 Å². The molecule has 5 rings (SSSR count). The van der Waals surface area contributed by atoms with Gasteiger partial charge in [-0.25, -0.2) is 0 Å². The molecule has 1 aliphatic rings. The minimum absolute atomic E-state index is 0.0381. The quantitative estimate of drug-likeness (QED) is 0.349. The molecule has 4 aromatic rings. The average Bonchev–Trinajstić information content (AvgIpc) is 3.32. The third-order valence-electron chi connectivity index (χ3n) is 6.53. The van der Waals surface area contributed by atoms with Gasteiger partial charge in [-0.05, 0) is 86.6 Å². The maximum atomic E-state index is 6.47. The van der Waals surface area contributed by atoms with Crippen LogP contribution in [0.25, 0.3) is 5.69 Å². The van der Waals surface area contributed by atoms with E-state index in [0.29, 0.717) is 11.7 Å². The Morgan fingerprint density at radius 1 is 0.971 bits per heavy atom. The monoisotopic (exact) mass is 487 g/mol. The molecular formula is C27H26ClN5S. The second-order valence-corrected chi connectivity index (χ2v) is 9.42. The molecule has 1 saturated heterocycles. The van der Waals surface area contributed by atoms with Crippen molar-refractivity contribution >= 4 is 28.9 Å². The molecule has 1 N–H and O–H groups in total. The first-order valence-corrected chi connectivity index (χ1v) is 12.1. The molecule has 172 valence electrons. The Bertz CT molecular complexity index is 1340. The molecule has 2 atom stereocenters. The zero-order valence-corrected chi connectivity index (χ0v) is 20.9. The van der Waals surface area contributed by atoms with Crippen molar-refractivity contribution < 1.29 is 0 Å². The molecule has 3 aromatic heterocycles. The first-order valence-electron chi connectivity index (χ1n) is 11.3. The SMILES string of the molecule is Cc1c(Cl)cccc1-n1c(C)cc([C@H]2[C@H](c3ccccn3)NC(=S)N2Cc2ccccn2)c1C. The molecule has 34 heavy (non-hydrogen) atoms. The van der Waals surface area contributed by atoms with E-state index in [0.717, 1.165) is 39.0 Å². The van der Waals surface area contributed by atoms with Gasteiger partial charge in [-0.1, -0.05) is 29.8 Å². The van der Waals surface area contributed by atoms with E-state index in [1.54, 1.807) is 0 Å². The summed E-state index contributed by atoms with van der Waals surface area (Å²) in [5, 5.41) is 5.01. The summed E-state index contributed by atoms with van der Waals surface area (Å²) in [6.45, 7) is 6.97. The highest BCUT2D eigenvalue weighted by molar-refractivity contribution is 7.80. The van der Waals surface area contributed by atoms with Crippen LogP contribution in [0.15, 0.2) is 73.1 Å². The lowest BCUT2D eigenvalue weighted by atomic mass is 9.96. The van der Waals surface area contributed by atoms with Gasteiger partial charge in [0.15, 0.2) is 5.11 Å². The lowest BCUT2D eigenvalue weighted by Gasteiger charge is -2.28. The topological polar surface area (TPSA) is 46.0 Å². The highest BCUT2D eigenvalue weighted by atomic mass is 35.5. The van der Waals surface area contributed by atoms with Gasteiger partial charge in [0.1, 0.15) is 0 Å². The van der Waals surface area contributed by atoms with E-state index in [4.69, 9.17) is 23.8 Å². The van der Waals surface area contributed by atoms with Crippen molar-refractivity contribution in [3.05, 3.63) is 112 Å². The van der Waals surface area contributed by atoms with Crippen LogP contribution in [-0.4, -0.2) is 24.5 Å². The van der Waals surface area contributed by atoms with Gasteiger partial charge in [-0.15, -0.1) is 0 Å². The summed E-state index contributed by atoms with van der Waals surface area (Å²) in [6, 6.07) is 20.2. The van der Waals surface area contributed by atoms with Crippen LogP contribution >= 0.6 is 23.8 Å². The van der Waals surface area contributed by atoms with Crippen LogP contribution in [0.3, 0.4) is 0 Å². The molecule has 0 bridgehead atoms. The van der Waals surface area contributed by atoms with Gasteiger partial charge in [0.2, 0.25) is 0 Å². The summed E-state index contributed by atoms with van der Waals surface area (Å²) in [4.78, 5) is 11.4. The van der Waals surface area contributed by atoms with Gasteiger partial charge < -0.3 is 14.8 Å². The van der Waals surface area contributed by atoms with Crippen LogP contribution in [0, 0.1) is 20.8 Å². The standard InChI is InChI=1S/C27H26ClN5S/c1-17-15-21(19(3)33(17)24-12-8-10-22(28)18(24)2)26-25(23-11-5-7-14-30-23)31-27(34)32(26)16-20-9-4-6-13-29-20/h4-15,25-26H,16H2,1-3H3,(H,31,34)/t25-,26-/m0/s1. The Balaban J connectivity index is 1.64. The smallest absolute Gasteiger partial charge is 0.170 e. The van der Waals surface area contributed by atoms with Crippen molar-refractivity contribution in [1.29, 1.82) is 0 Å². The first kappa shape index (κ1) is 22.6. The molecule has 1 fully saturated rings. The van der Waals surface area contributed by atoms with Gasteiger partial charge in [-0.2, -0.15) is 0 Å². The van der Waals surface area contributed by atoms with Gasteiger partial charge in [0, 0.05) is 34.5 Å². The number of benzene rings is 1. The summed E-state index contributed by atoms with van der Waals surface area (Å²) in [7, 11) is 0. The highest BCUT2D eigenvalue weighted by Gasteiger charge is 2.41. The normalized spacial score (nSPS) is 17.8. The Kier molecular flexibility index (Phi) is 6.11. The lowest BCUT2D eigenvalue weighted by molar-refractivity contribution is 0.307. The summed E-state index contributed by atoms with van der Waals surface area (Å²) in [5.41, 5.74) is 7.59. The number of nitrogens with zero attached hydrogens (tertiary/aromatic N) is 4. The van der Waals surface area contributed by atoms with Crippen molar-refractivity contribution in [2.75, 3.05) is 0 Å². The molecule has 0 saturated carbocycles. The van der Waals surface area contributed by atoms with Gasteiger partial charge >= 0.3 is 0 Å². The van der Waals surface area contributed by atoms with E-state index >= 15 is 0 Å². The molecule has 0 amide bonds. The summed E-state index contributed by atoms with van der Waals surface area (Å²) in [5.74, 6) is 0. The van der Waals surface area contributed by atoms with Gasteiger partial charge in [-0.3, -0.25) is 9.97 Å². The minimum Gasteiger partial charge on any atom is -0.352 e. The Labute approximate surface area is 210 Å². The third kappa shape index (κ3) is 3.97. The number of hydrogen-bond acceptors (Lipinski definition) is 3. The zero-order valence-electron chi connectivity index (χ0n) is 19.4. The average molecular weight is 488 g/mol. The lowest BCUT2D eigenvalue weighted by Crippen LogP contribution is -2.29. The number of aromatic nitrogens is 3. The Hall–Kier alpha value is -3.22. The highest BCUT2D eigenvalue weighted by Crippen LogP contribution is 2.42. The zero-order chi connectivity index (χ0) is 23.8. The summed E-state index contributed by atoms with van der Waals surface area (Å²) in [6.07, 6.45) is 3.65. The molecule has 0 aliphatic carbocycles. The van der Waals surface area contributed by atoms with Crippen LogP contribution < -0.4 is 5.32 Å². The molecule has 0 unspecified atom stereocenters. The van der Waals surface area contributed by atoms with Crippen molar-refractivity contribution in [2.24, 2.45) is 0 Å². The maximum absolute atomic E-state index is 6.47. The molecule has 5 nitrogen and oxygen atoms in total. The molecule has 1 aliphatic heterocycles. The van der Waals surface area contributed by atoms with E-state index in [2.05, 4.69) is 63.7 Å². The van der Waals surface area contributed by atoms with Gasteiger partial charge in [0.25, 0.3) is 0 Å². The van der Waals surface area contributed by atoms with Gasteiger partial charge in [0.05, 0.1) is 30.0 Å². The van der Waals surface area contributed by atoms with Crippen molar-refractivity contribution in [3.8, 4) is 5.69 Å². The minimum atomic E-state index is -0.0770. The molecule has 1 aromatic carbocycles. The summed E-state index contributed by atoms with van der Waals surface area (Å²) >= 11 is 12.3. The van der Waals surface area contributed by atoms with Crippen LogP contribution in [-0.2, 0) is 6.54 Å². The van der Waals surface area contributed by atoms with E-state index in [9.17, 15) is 0 Å². The van der Waals surface area contributed by atoms with Crippen LogP contribution in [0.4, 0.5) is 0 Å². The fraction of sp³-hybridized carbons (Fsp3) is 0.222. The van der Waals surface area contributed by atoms with E-state index in [1.165, 1.54) is 5.56 Å². The second kappa shape index (κ2) is 9.20. The number of thiocarbonyl (C=S) groups is 1. The number of pyridine rings is 2. The molecule has 4 heterocycles. The summed E-state index contributed by atoms with van der Waals surface area (Å²) < 4.78 is 2.28. The largest absolute Gasteiger partial charge is 0.352 e. The predicted molar refractivity (Wildman–Crippen MR) is 140 cm³/mol. The number of hydrogen-bond donors (Lipinski definition) is 1. The molecule has 0 spiro atoms. The fourth-order valence-corrected chi connectivity index (χ4v) is 5.35. The maximum Gasteiger partial charge on any atom is 0.170 e. The van der Waals surface area contributed by atoms with Crippen LogP contribution in [0.5, 0.6) is 0 Å². The number of aryl methyl sites for hydroxylation is 1. The number of rotatable bonds is 5.